The third-order valence-electron chi connectivity index (χ3n) is 6.91. The van der Waals surface area contributed by atoms with E-state index in [9.17, 15) is 13.2 Å². The second-order valence-corrected chi connectivity index (χ2v) is 11.2. The average Bonchev–Trinajstić information content (AvgIpc) is 3.37. The van der Waals surface area contributed by atoms with Gasteiger partial charge in [-0.2, -0.15) is 13.5 Å². The Morgan fingerprint density at radius 1 is 0.941 bits per heavy atom. The van der Waals surface area contributed by atoms with E-state index in [1.54, 1.807) is 29.2 Å². The first-order valence-corrected chi connectivity index (χ1v) is 14.1. The number of nitrogens with one attached hydrogen (secondary N) is 1. The zero-order chi connectivity index (χ0) is 23.5. The predicted molar refractivity (Wildman–Crippen MR) is 132 cm³/mol. The minimum Gasteiger partial charge on any atom is -0.338 e. The van der Waals surface area contributed by atoms with Crippen molar-refractivity contribution in [1.82, 2.24) is 23.3 Å². The summed E-state index contributed by atoms with van der Waals surface area (Å²) in [6.07, 6.45) is 6.35. The second-order valence-electron chi connectivity index (χ2n) is 9.01. The Labute approximate surface area is 204 Å². The zero-order valence-corrected chi connectivity index (χ0v) is 20.6. The minimum atomic E-state index is -4.02. The van der Waals surface area contributed by atoms with Crippen molar-refractivity contribution < 1.29 is 13.2 Å². The van der Waals surface area contributed by atoms with Crippen LogP contribution >= 0.6 is 11.7 Å². The van der Waals surface area contributed by atoms with Crippen LogP contribution in [0.15, 0.2) is 53.4 Å². The Morgan fingerprint density at radius 3 is 2.41 bits per heavy atom. The highest BCUT2D eigenvalue weighted by Crippen LogP contribution is 2.27. The van der Waals surface area contributed by atoms with Gasteiger partial charge in [0.25, 0.3) is 0 Å². The van der Waals surface area contributed by atoms with Gasteiger partial charge in [0.2, 0.25) is 15.9 Å². The van der Waals surface area contributed by atoms with Gasteiger partial charge in [-0.15, -0.1) is 0 Å². The number of piperazine rings is 1. The maximum atomic E-state index is 13.7. The second kappa shape index (κ2) is 10.1. The van der Waals surface area contributed by atoms with Crippen LogP contribution in [0.3, 0.4) is 0 Å². The lowest BCUT2D eigenvalue weighted by Gasteiger charge is -2.41. The van der Waals surface area contributed by atoms with Gasteiger partial charge in [-0.3, -0.25) is 9.69 Å². The van der Waals surface area contributed by atoms with E-state index in [0.29, 0.717) is 35.7 Å². The molecule has 1 aromatic heterocycles. The number of amides is 1. The van der Waals surface area contributed by atoms with Crippen LogP contribution in [-0.4, -0.2) is 65.1 Å². The fourth-order valence-corrected chi connectivity index (χ4v) is 7.00. The SMILES string of the molecule is O=C(C(NS(=O)(=O)c1cccc2nsnc12)c1ccccc1)N1CCN(C2CCCCC2)CC1. The summed E-state index contributed by atoms with van der Waals surface area (Å²) in [6, 6.07) is 13.5. The van der Waals surface area contributed by atoms with Crippen molar-refractivity contribution in [3.63, 3.8) is 0 Å². The number of rotatable bonds is 6. The number of carbonyl (C=O) groups is 1. The molecule has 1 atom stereocenters. The van der Waals surface area contributed by atoms with Gasteiger partial charge in [-0.25, -0.2) is 8.42 Å². The molecule has 8 nitrogen and oxygen atoms in total. The number of nitrogens with zero attached hydrogens (tertiary/aromatic N) is 4. The first-order valence-electron chi connectivity index (χ1n) is 11.8. The summed E-state index contributed by atoms with van der Waals surface area (Å²) >= 11 is 0.967. The molecule has 0 bridgehead atoms. The lowest BCUT2D eigenvalue weighted by Crippen LogP contribution is -2.54. The topological polar surface area (TPSA) is 95.5 Å². The van der Waals surface area contributed by atoms with Crippen molar-refractivity contribution in [2.24, 2.45) is 0 Å². The molecule has 2 aromatic carbocycles. The van der Waals surface area contributed by atoms with Crippen molar-refractivity contribution in [2.75, 3.05) is 26.2 Å². The van der Waals surface area contributed by atoms with Gasteiger partial charge in [0.1, 0.15) is 22.0 Å². The van der Waals surface area contributed by atoms with Gasteiger partial charge in [-0.05, 0) is 30.5 Å². The van der Waals surface area contributed by atoms with Crippen molar-refractivity contribution in [3.8, 4) is 0 Å². The van der Waals surface area contributed by atoms with Crippen molar-refractivity contribution in [1.29, 1.82) is 0 Å². The molecule has 1 N–H and O–H groups in total. The number of sulfonamides is 1. The normalized spacial score (nSPS) is 19.4. The molecule has 1 saturated heterocycles. The quantitative estimate of drug-likeness (QED) is 0.560. The van der Waals surface area contributed by atoms with Crippen molar-refractivity contribution in [3.05, 3.63) is 54.1 Å². The van der Waals surface area contributed by atoms with Gasteiger partial charge in [0.05, 0.1) is 11.7 Å². The molecular weight excluding hydrogens is 470 g/mol. The summed E-state index contributed by atoms with van der Waals surface area (Å²) in [6.45, 7) is 2.86. The van der Waals surface area contributed by atoms with Gasteiger partial charge < -0.3 is 4.90 Å². The van der Waals surface area contributed by atoms with Crippen LogP contribution < -0.4 is 4.72 Å². The van der Waals surface area contributed by atoms with Gasteiger partial charge >= 0.3 is 0 Å². The number of hydrogen-bond donors (Lipinski definition) is 1. The molecule has 3 aromatic rings. The minimum absolute atomic E-state index is 0.0367. The molecule has 5 rings (SSSR count). The van der Waals surface area contributed by atoms with E-state index >= 15 is 0 Å². The van der Waals surface area contributed by atoms with E-state index < -0.39 is 16.1 Å². The summed E-state index contributed by atoms with van der Waals surface area (Å²) in [7, 11) is -4.02. The summed E-state index contributed by atoms with van der Waals surface area (Å²) in [4.78, 5) is 18.0. The Morgan fingerprint density at radius 2 is 1.68 bits per heavy atom. The fourth-order valence-electron chi connectivity index (χ4n) is 5.06. The number of aromatic nitrogens is 2. The van der Waals surface area contributed by atoms with Crippen LogP contribution in [-0.2, 0) is 14.8 Å². The third-order valence-corrected chi connectivity index (χ3v) is 8.91. The van der Waals surface area contributed by atoms with Crippen LogP contribution in [0.2, 0.25) is 0 Å². The standard InChI is InChI=1S/C24H29N5O3S2/c30-24(29-16-14-28(15-17-29)19-10-5-2-6-11-19)22(18-8-3-1-4-9-18)27-34(31,32)21-13-7-12-20-23(21)26-33-25-20/h1,3-4,7-9,12-13,19,22,27H,2,5-6,10-11,14-17H2. The van der Waals surface area contributed by atoms with Crippen LogP contribution in [0.5, 0.6) is 0 Å². The van der Waals surface area contributed by atoms with Gasteiger partial charge in [0, 0.05) is 32.2 Å². The summed E-state index contributed by atoms with van der Waals surface area (Å²) in [5.74, 6) is -0.221. The number of benzene rings is 2. The number of carbonyl (C=O) groups excluding carboxylic acids is 1. The molecular formula is C24H29N5O3S2. The van der Waals surface area contributed by atoms with E-state index in [1.807, 2.05) is 18.2 Å². The maximum absolute atomic E-state index is 13.7. The lowest BCUT2D eigenvalue weighted by atomic mass is 9.94. The van der Waals surface area contributed by atoms with Crippen LogP contribution in [0, 0.1) is 0 Å². The molecule has 1 amide bonds. The molecule has 2 aliphatic rings. The van der Waals surface area contributed by atoms with Crippen molar-refractivity contribution in [2.45, 2.75) is 49.1 Å². The van der Waals surface area contributed by atoms with E-state index in [4.69, 9.17) is 0 Å². The molecule has 0 spiro atoms. The summed E-state index contributed by atoms with van der Waals surface area (Å²) < 4.78 is 37.8. The monoisotopic (exact) mass is 499 g/mol. The molecule has 1 aliphatic heterocycles. The Balaban J connectivity index is 1.36. The largest absolute Gasteiger partial charge is 0.338 e. The summed E-state index contributed by atoms with van der Waals surface area (Å²) in [5, 5.41) is 0. The van der Waals surface area contributed by atoms with E-state index in [-0.39, 0.29) is 10.8 Å². The molecule has 180 valence electrons. The van der Waals surface area contributed by atoms with Crippen LogP contribution in [0.1, 0.15) is 43.7 Å². The highest BCUT2D eigenvalue weighted by molar-refractivity contribution is 7.89. The number of fused-ring (bicyclic) bond motifs is 1. The first-order chi connectivity index (χ1) is 16.5. The highest BCUT2D eigenvalue weighted by Gasteiger charge is 2.34. The molecule has 2 heterocycles. The fraction of sp³-hybridized carbons (Fsp3) is 0.458. The van der Waals surface area contributed by atoms with E-state index in [1.165, 1.54) is 38.2 Å². The maximum Gasteiger partial charge on any atom is 0.245 e. The highest BCUT2D eigenvalue weighted by atomic mass is 32.2. The van der Waals surface area contributed by atoms with Crippen LogP contribution in [0.4, 0.5) is 0 Å². The van der Waals surface area contributed by atoms with Crippen molar-refractivity contribution >= 4 is 38.7 Å². The molecule has 1 unspecified atom stereocenters. The molecule has 2 fully saturated rings. The number of hydrogen-bond acceptors (Lipinski definition) is 7. The molecule has 1 aliphatic carbocycles. The summed E-state index contributed by atoms with van der Waals surface area (Å²) in [5.41, 5.74) is 1.46. The zero-order valence-electron chi connectivity index (χ0n) is 19.0. The van der Waals surface area contributed by atoms with E-state index in [0.717, 1.165) is 24.8 Å². The molecule has 10 heteroatoms. The lowest BCUT2D eigenvalue weighted by molar-refractivity contribution is -0.135. The molecule has 34 heavy (non-hydrogen) atoms. The van der Waals surface area contributed by atoms with Gasteiger partial charge in [-0.1, -0.05) is 55.7 Å². The molecule has 1 saturated carbocycles. The Bertz CT molecular complexity index is 1230. The molecule has 0 radical (unpaired) electrons. The predicted octanol–water partition coefficient (Wildman–Crippen LogP) is 3.19. The first kappa shape index (κ1) is 23.3. The Kier molecular flexibility index (Phi) is 6.91. The Hall–Kier alpha value is -2.40. The smallest absolute Gasteiger partial charge is 0.245 e. The average molecular weight is 500 g/mol. The third kappa shape index (κ3) is 4.86. The van der Waals surface area contributed by atoms with Gasteiger partial charge in [0.15, 0.2) is 0 Å². The van der Waals surface area contributed by atoms with E-state index in [2.05, 4.69) is 18.4 Å². The van der Waals surface area contributed by atoms with Crippen LogP contribution in [0.25, 0.3) is 11.0 Å².